The first-order valence-corrected chi connectivity index (χ1v) is 8.89. The van der Waals surface area contributed by atoms with Crippen LogP contribution in [0.25, 0.3) is 0 Å². The SMILES string of the molecule is CC(=O)NC(CC(=O)N1CCC2(CCNC2)CC1)c1ccccc1. The fraction of sp³-hybridized carbons (Fsp3) is 0.579. The van der Waals surface area contributed by atoms with E-state index in [2.05, 4.69) is 10.6 Å². The summed E-state index contributed by atoms with van der Waals surface area (Å²) in [6.07, 6.45) is 3.73. The Morgan fingerprint density at radius 1 is 1.21 bits per heavy atom. The topological polar surface area (TPSA) is 61.4 Å². The number of hydrogen-bond donors (Lipinski definition) is 2. The Balaban J connectivity index is 1.60. The van der Waals surface area contributed by atoms with Crippen LogP contribution in [0.4, 0.5) is 0 Å². The van der Waals surface area contributed by atoms with E-state index in [1.165, 1.54) is 13.3 Å². The van der Waals surface area contributed by atoms with Gasteiger partial charge in [-0.15, -0.1) is 0 Å². The summed E-state index contributed by atoms with van der Waals surface area (Å²) in [6, 6.07) is 9.49. The van der Waals surface area contributed by atoms with Gasteiger partial charge in [0, 0.05) is 26.6 Å². The van der Waals surface area contributed by atoms with E-state index in [9.17, 15) is 9.59 Å². The van der Waals surface area contributed by atoms with Crippen molar-refractivity contribution >= 4 is 11.8 Å². The Kier molecular flexibility index (Phi) is 5.19. The number of amides is 2. The molecule has 2 N–H and O–H groups in total. The van der Waals surface area contributed by atoms with E-state index < -0.39 is 0 Å². The molecule has 2 aliphatic rings. The van der Waals surface area contributed by atoms with Gasteiger partial charge in [0.25, 0.3) is 0 Å². The van der Waals surface area contributed by atoms with Gasteiger partial charge in [-0.05, 0) is 36.8 Å². The number of rotatable bonds is 4. The minimum absolute atomic E-state index is 0.105. The van der Waals surface area contributed by atoms with E-state index in [4.69, 9.17) is 0 Å². The second kappa shape index (κ2) is 7.34. The van der Waals surface area contributed by atoms with Crippen molar-refractivity contribution in [3.63, 3.8) is 0 Å². The normalized spacial score (nSPS) is 20.8. The lowest BCUT2D eigenvalue weighted by Gasteiger charge is -2.39. The molecule has 2 fully saturated rings. The first-order valence-electron chi connectivity index (χ1n) is 8.89. The van der Waals surface area contributed by atoms with Crippen molar-refractivity contribution in [2.24, 2.45) is 5.41 Å². The molecule has 24 heavy (non-hydrogen) atoms. The third-order valence-electron chi connectivity index (χ3n) is 5.47. The summed E-state index contributed by atoms with van der Waals surface area (Å²) in [4.78, 5) is 26.2. The second-order valence-corrected chi connectivity index (χ2v) is 7.18. The maximum atomic E-state index is 12.7. The number of piperidine rings is 1. The largest absolute Gasteiger partial charge is 0.349 e. The Labute approximate surface area is 143 Å². The van der Waals surface area contributed by atoms with Crippen molar-refractivity contribution in [2.45, 2.75) is 38.6 Å². The molecule has 2 aliphatic heterocycles. The van der Waals surface area contributed by atoms with Gasteiger partial charge in [-0.2, -0.15) is 0 Å². The molecule has 1 atom stereocenters. The Bertz CT molecular complexity index is 572. The molecule has 0 aromatic heterocycles. The summed E-state index contributed by atoms with van der Waals surface area (Å²) in [7, 11) is 0. The zero-order valence-corrected chi connectivity index (χ0v) is 14.4. The van der Waals surface area contributed by atoms with Crippen molar-refractivity contribution in [3.05, 3.63) is 35.9 Å². The zero-order chi connectivity index (χ0) is 17.0. The van der Waals surface area contributed by atoms with Crippen LogP contribution in [0.3, 0.4) is 0 Å². The summed E-state index contributed by atoms with van der Waals surface area (Å²) in [6.45, 7) is 5.36. The fourth-order valence-corrected chi connectivity index (χ4v) is 3.94. The van der Waals surface area contributed by atoms with Crippen molar-refractivity contribution in [1.82, 2.24) is 15.5 Å². The summed E-state index contributed by atoms with van der Waals surface area (Å²) in [5, 5.41) is 6.37. The molecule has 3 rings (SSSR count). The molecule has 1 aromatic carbocycles. The summed E-state index contributed by atoms with van der Waals surface area (Å²) < 4.78 is 0. The number of nitrogens with one attached hydrogen (secondary N) is 2. The highest BCUT2D eigenvalue weighted by Crippen LogP contribution is 2.37. The molecule has 1 aromatic rings. The first-order chi connectivity index (χ1) is 11.6. The molecular weight excluding hydrogens is 302 g/mol. The third kappa shape index (κ3) is 3.96. The zero-order valence-electron chi connectivity index (χ0n) is 14.4. The van der Waals surface area contributed by atoms with Crippen molar-refractivity contribution in [3.8, 4) is 0 Å². The number of carbonyl (C=O) groups excluding carboxylic acids is 2. The Morgan fingerprint density at radius 2 is 1.92 bits per heavy atom. The van der Waals surface area contributed by atoms with Gasteiger partial charge in [-0.3, -0.25) is 9.59 Å². The number of nitrogens with zero attached hydrogens (tertiary/aromatic N) is 1. The van der Waals surface area contributed by atoms with Crippen LogP contribution in [0.1, 0.15) is 44.2 Å². The number of benzene rings is 1. The van der Waals surface area contributed by atoms with Gasteiger partial charge >= 0.3 is 0 Å². The van der Waals surface area contributed by atoms with Crippen LogP contribution in [-0.2, 0) is 9.59 Å². The van der Waals surface area contributed by atoms with Crippen LogP contribution >= 0.6 is 0 Å². The molecule has 1 unspecified atom stereocenters. The van der Waals surface area contributed by atoms with Gasteiger partial charge in [-0.25, -0.2) is 0 Å². The Hall–Kier alpha value is -1.88. The molecule has 5 nitrogen and oxygen atoms in total. The predicted molar refractivity (Wildman–Crippen MR) is 93.4 cm³/mol. The van der Waals surface area contributed by atoms with Crippen molar-refractivity contribution in [2.75, 3.05) is 26.2 Å². The van der Waals surface area contributed by atoms with Gasteiger partial charge in [0.2, 0.25) is 11.8 Å². The van der Waals surface area contributed by atoms with Crippen LogP contribution < -0.4 is 10.6 Å². The van der Waals surface area contributed by atoms with Crippen LogP contribution in [-0.4, -0.2) is 42.9 Å². The number of hydrogen-bond acceptors (Lipinski definition) is 3. The van der Waals surface area contributed by atoms with E-state index >= 15 is 0 Å². The first kappa shape index (κ1) is 17.0. The van der Waals surface area contributed by atoms with Crippen LogP contribution in [0.2, 0.25) is 0 Å². The highest BCUT2D eigenvalue weighted by molar-refractivity contribution is 5.79. The monoisotopic (exact) mass is 329 g/mol. The summed E-state index contributed by atoms with van der Waals surface area (Å²) >= 11 is 0. The number of carbonyl (C=O) groups is 2. The van der Waals surface area contributed by atoms with Gasteiger partial charge in [0.05, 0.1) is 12.5 Å². The maximum Gasteiger partial charge on any atom is 0.224 e. The van der Waals surface area contributed by atoms with Gasteiger partial charge in [-0.1, -0.05) is 30.3 Å². The maximum absolute atomic E-state index is 12.7. The highest BCUT2D eigenvalue weighted by atomic mass is 16.2. The lowest BCUT2D eigenvalue weighted by Crippen LogP contribution is -2.45. The molecule has 130 valence electrons. The highest BCUT2D eigenvalue weighted by Gasteiger charge is 2.38. The minimum atomic E-state index is -0.250. The lowest BCUT2D eigenvalue weighted by molar-refractivity contribution is -0.134. The second-order valence-electron chi connectivity index (χ2n) is 7.18. The molecule has 5 heteroatoms. The fourth-order valence-electron chi connectivity index (χ4n) is 3.94. The molecule has 0 bridgehead atoms. The van der Waals surface area contributed by atoms with Crippen LogP contribution in [0.15, 0.2) is 30.3 Å². The van der Waals surface area contributed by atoms with Gasteiger partial charge in [0.1, 0.15) is 0 Å². The quantitative estimate of drug-likeness (QED) is 0.886. The smallest absolute Gasteiger partial charge is 0.224 e. The number of likely N-dealkylation sites (tertiary alicyclic amines) is 1. The predicted octanol–water partition coefficient (Wildman–Crippen LogP) is 1.86. The van der Waals surface area contributed by atoms with E-state index in [0.717, 1.165) is 44.6 Å². The summed E-state index contributed by atoms with van der Waals surface area (Å²) in [5.41, 5.74) is 1.39. The molecule has 1 spiro atoms. The lowest BCUT2D eigenvalue weighted by atomic mass is 9.78. The third-order valence-corrected chi connectivity index (χ3v) is 5.47. The standard InChI is InChI=1S/C19H27N3O2/c1-15(23)21-17(16-5-3-2-4-6-16)13-18(24)22-11-8-19(9-12-22)7-10-20-14-19/h2-6,17,20H,7-14H2,1H3,(H,21,23). The van der Waals surface area contributed by atoms with Crippen molar-refractivity contribution in [1.29, 1.82) is 0 Å². The van der Waals surface area contributed by atoms with Crippen LogP contribution in [0, 0.1) is 5.41 Å². The van der Waals surface area contributed by atoms with Gasteiger partial charge < -0.3 is 15.5 Å². The average molecular weight is 329 g/mol. The van der Waals surface area contributed by atoms with E-state index in [0.29, 0.717) is 11.8 Å². The molecule has 0 saturated carbocycles. The van der Waals surface area contributed by atoms with Crippen molar-refractivity contribution < 1.29 is 9.59 Å². The Morgan fingerprint density at radius 3 is 2.50 bits per heavy atom. The van der Waals surface area contributed by atoms with Gasteiger partial charge in [0.15, 0.2) is 0 Å². The van der Waals surface area contributed by atoms with E-state index in [1.807, 2.05) is 35.2 Å². The van der Waals surface area contributed by atoms with E-state index in [-0.39, 0.29) is 17.9 Å². The molecule has 0 aliphatic carbocycles. The van der Waals surface area contributed by atoms with E-state index in [1.54, 1.807) is 0 Å². The minimum Gasteiger partial charge on any atom is -0.349 e. The van der Waals surface area contributed by atoms with Crippen LogP contribution in [0.5, 0.6) is 0 Å². The molecular formula is C19H27N3O2. The molecule has 2 heterocycles. The summed E-state index contributed by atoms with van der Waals surface area (Å²) in [5.74, 6) is 0.0321. The average Bonchev–Trinajstić information content (AvgIpc) is 3.03. The molecule has 0 radical (unpaired) electrons. The molecule has 2 amide bonds. The molecule has 2 saturated heterocycles.